The molecule has 1 unspecified atom stereocenters. The Balaban J connectivity index is 2.19. The molecular formula is C12H14N2O4. The monoisotopic (exact) mass is 250 g/mol. The van der Waals surface area contributed by atoms with Crippen molar-refractivity contribution in [3.63, 3.8) is 0 Å². The molecule has 0 aliphatic heterocycles. The van der Waals surface area contributed by atoms with Crippen LogP contribution in [-0.4, -0.2) is 33.8 Å². The van der Waals surface area contributed by atoms with Gasteiger partial charge in [0, 0.05) is 6.54 Å². The van der Waals surface area contributed by atoms with Gasteiger partial charge in [0.15, 0.2) is 5.58 Å². The van der Waals surface area contributed by atoms with Crippen molar-refractivity contribution in [3.05, 3.63) is 23.8 Å². The summed E-state index contributed by atoms with van der Waals surface area (Å²) in [6.07, 6.45) is 0.172. The molecule has 6 nitrogen and oxygen atoms in total. The van der Waals surface area contributed by atoms with Crippen LogP contribution in [0.15, 0.2) is 22.6 Å². The Hall–Kier alpha value is -2.08. The highest BCUT2D eigenvalue weighted by molar-refractivity contribution is 5.92. The zero-order valence-corrected chi connectivity index (χ0v) is 9.88. The first-order valence-corrected chi connectivity index (χ1v) is 5.66. The van der Waals surface area contributed by atoms with Gasteiger partial charge in [0.25, 0.3) is 6.01 Å². The number of nitrogens with one attached hydrogen (secondary N) is 1. The smallest absolute Gasteiger partial charge is 0.335 e. The van der Waals surface area contributed by atoms with Crippen molar-refractivity contribution in [3.8, 4) is 0 Å². The summed E-state index contributed by atoms with van der Waals surface area (Å²) in [7, 11) is 0. The zero-order chi connectivity index (χ0) is 13.1. The predicted molar refractivity (Wildman–Crippen MR) is 65.8 cm³/mol. The van der Waals surface area contributed by atoms with E-state index in [4.69, 9.17) is 9.52 Å². The van der Waals surface area contributed by atoms with Crippen LogP contribution >= 0.6 is 0 Å². The molecule has 0 amide bonds. The van der Waals surface area contributed by atoms with E-state index in [1.54, 1.807) is 6.07 Å². The van der Waals surface area contributed by atoms with Crippen molar-refractivity contribution in [1.82, 2.24) is 4.98 Å². The molecular weight excluding hydrogens is 236 g/mol. The molecule has 0 radical (unpaired) electrons. The van der Waals surface area contributed by atoms with Crippen LogP contribution < -0.4 is 5.32 Å². The summed E-state index contributed by atoms with van der Waals surface area (Å²) in [5.74, 6) is -1.01. The van der Waals surface area contributed by atoms with E-state index in [1.165, 1.54) is 12.1 Å². The molecule has 0 saturated heterocycles. The number of fused-ring (bicyclic) bond motifs is 1. The fourth-order valence-corrected chi connectivity index (χ4v) is 1.48. The summed E-state index contributed by atoms with van der Waals surface area (Å²) in [4.78, 5) is 14.9. The molecule has 18 heavy (non-hydrogen) atoms. The molecule has 2 aromatic rings. The van der Waals surface area contributed by atoms with Gasteiger partial charge in [-0.2, -0.15) is 4.98 Å². The van der Waals surface area contributed by atoms with Gasteiger partial charge in [-0.05, 0) is 24.6 Å². The average molecular weight is 250 g/mol. The lowest BCUT2D eigenvalue weighted by Gasteiger charge is -2.06. The number of carboxylic acid groups (broad SMARTS) is 1. The maximum atomic E-state index is 10.8. The maximum absolute atomic E-state index is 10.8. The standard InChI is InChI=1S/C12H14N2O4/c1-2-8(15)6-13-12-14-9-4-3-7(11(16)17)5-10(9)18-12/h3-5,8,15H,2,6H2,1H3,(H,13,14)(H,16,17). The predicted octanol–water partition coefficient (Wildman–Crippen LogP) is 1.71. The molecule has 6 heteroatoms. The van der Waals surface area contributed by atoms with Crippen LogP contribution in [0.25, 0.3) is 11.1 Å². The zero-order valence-electron chi connectivity index (χ0n) is 9.88. The Labute approximate surface area is 103 Å². The number of anilines is 1. The molecule has 1 aromatic heterocycles. The topological polar surface area (TPSA) is 95.6 Å². The quantitative estimate of drug-likeness (QED) is 0.747. The van der Waals surface area contributed by atoms with E-state index in [9.17, 15) is 9.90 Å². The van der Waals surface area contributed by atoms with E-state index in [0.29, 0.717) is 24.1 Å². The summed E-state index contributed by atoms with van der Waals surface area (Å²) >= 11 is 0. The van der Waals surface area contributed by atoms with E-state index in [0.717, 1.165) is 0 Å². The first-order chi connectivity index (χ1) is 8.60. The molecule has 1 atom stereocenters. The van der Waals surface area contributed by atoms with Crippen molar-refractivity contribution in [1.29, 1.82) is 0 Å². The van der Waals surface area contributed by atoms with Gasteiger partial charge in [-0.25, -0.2) is 4.79 Å². The minimum Gasteiger partial charge on any atom is -0.478 e. The summed E-state index contributed by atoms with van der Waals surface area (Å²) in [5.41, 5.74) is 1.13. The fourth-order valence-electron chi connectivity index (χ4n) is 1.48. The number of aromatic carboxylic acids is 1. The van der Waals surface area contributed by atoms with Crippen LogP contribution in [0.5, 0.6) is 0 Å². The van der Waals surface area contributed by atoms with Crippen molar-refractivity contribution >= 4 is 23.1 Å². The summed E-state index contributed by atoms with van der Waals surface area (Å²) in [5, 5.41) is 21.1. The van der Waals surface area contributed by atoms with Gasteiger partial charge in [-0.1, -0.05) is 6.92 Å². The molecule has 0 bridgehead atoms. The van der Waals surface area contributed by atoms with Crippen LogP contribution in [-0.2, 0) is 0 Å². The van der Waals surface area contributed by atoms with Gasteiger partial charge in [0.2, 0.25) is 0 Å². The number of hydrogen-bond donors (Lipinski definition) is 3. The lowest BCUT2D eigenvalue weighted by Crippen LogP contribution is -2.18. The van der Waals surface area contributed by atoms with Crippen LogP contribution in [0, 0.1) is 0 Å². The van der Waals surface area contributed by atoms with Crippen LogP contribution in [0.4, 0.5) is 6.01 Å². The summed E-state index contributed by atoms with van der Waals surface area (Å²) in [6.45, 7) is 2.21. The lowest BCUT2D eigenvalue weighted by molar-refractivity contribution is 0.0697. The molecule has 0 aliphatic carbocycles. The summed E-state index contributed by atoms with van der Waals surface area (Å²) < 4.78 is 5.36. The van der Waals surface area contributed by atoms with E-state index < -0.39 is 12.1 Å². The second-order valence-electron chi connectivity index (χ2n) is 3.95. The third-order valence-electron chi connectivity index (χ3n) is 2.60. The number of hydrogen-bond acceptors (Lipinski definition) is 5. The molecule has 0 aliphatic rings. The van der Waals surface area contributed by atoms with Gasteiger partial charge in [-0.15, -0.1) is 0 Å². The van der Waals surface area contributed by atoms with Crippen molar-refractivity contribution in [2.45, 2.75) is 19.4 Å². The Morgan fingerprint density at radius 3 is 3.00 bits per heavy atom. The second-order valence-corrected chi connectivity index (χ2v) is 3.95. The number of rotatable bonds is 5. The molecule has 96 valence electrons. The van der Waals surface area contributed by atoms with Gasteiger partial charge < -0.3 is 19.9 Å². The van der Waals surface area contributed by atoms with Gasteiger partial charge in [0.05, 0.1) is 11.7 Å². The van der Waals surface area contributed by atoms with Crippen LogP contribution in [0.2, 0.25) is 0 Å². The minimum absolute atomic E-state index is 0.152. The highest BCUT2D eigenvalue weighted by atomic mass is 16.4. The second kappa shape index (κ2) is 5.05. The van der Waals surface area contributed by atoms with Gasteiger partial charge in [-0.3, -0.25) is 0 Å². The number of benzene rings is 1. The highest BCUT2D eigenvalue weighted by Crippen LogP contribution is 2.20. The Morgan fingerprint density at radius 1 is 1.56 bits per heavy atom. The average Bonchev–Trinajstić information content (AvgIpc) is 2.77. The van der Waals surface area contributed by atoms with E-state index >= 15 is 0 Å². The largest absolute Gasteiger partial charge is 0.478 e. The molecule has 1 heterocycles. The van der Waals surface area contributed by atoms with Crippen molar-refractivity contribution < 1.29 is 19.4 Å². The Kier molecular flexibility index (Phi) is 3.47. The third kappa shape index (κ3) is 2.60. The first-order valence-electron chi connectivity index (χ1n) is 5.66. The number of carbonyl (C=O) groups is 1. The number of aliphatic hydroxyl groups is 1. The van der Waals surface area contributed by atoms with Crippen LogP contribution in [0.3, 0.4) is 0 Å². The number of aromatic nitrogens is 1. The van der Waals surface area contributed by atoms with E-state index in [-0.39, 0.29) is 11.6 Å². The summed E-state index contributed by atoms with van der Waals surface area (Å²) in [6, 6.07) is 4.76. The number of carboxylic acids is 1. The van der Waals surface area contributed by atoms with E-state index in [1.807, 2.05) is 6.92 Å². The first kappa shape index (κ1) is 12.4. The molecule has 0 saturated carbocycles. The molecule has 0 spiro atoms. The third-order valence-corrected chi connectivity index (χ3v) is 2.60. The van der Waals surface area contributed by atoms with E-state index in [2.05, 4.69) is 10.3 Å². The molecule has 1 aromatic carbocycles. The lowest BCUT2D eigenvalue weighted by atomic mass is 10.2. The number of oxazole rings is 1. The SMILES string of the molecule is CCC(O)CNc1nc2ccc(C(=O)O)cc2o1. The maximum Gasteiger partial charge on any atom is 0.335 e. The Bertz CT molecular complexity index is 564. The molecule has 0 fully saturated rings. The van der Waals surface area contributed by atoms with Gasteiger partial charge >= 0.3 is 5.97 Å². The minimum atomic E-state index is -1.01. The number of aliphatic hydroxyl groups excluding tert-OH is 1. The van der Waals surface area contributed by atoms with Crippen LogP contribution in [0.1, 0.15) is 23.7 Å². The number of nitrogens with zero attached hydrogens (tertiary/aromatic N) is 1. The Morgan fingerprint density at radius 2 is 2.33 bits per heavy atom. The molecule has 2 rings (SSSR count). The van der Waals surface area contributed by atoms with Crippen molar-refractivity contribution in [2.24, 2.45) is 0 Å². The molecule has 3 N–H and O–H groups in total. The highest BCUT2D eigenvalue weighted by Gasteiger charge is 2.10. The fraction of sp³-hybridized carbons (Fsp3) is 0.333. The van der Waals surface area contributed by atoms with Gasteiger partial charge in [0.1, 0.15) is 5.52 Å². The normalized spacial score (nSPS) is 12.6. The van der Waals surface area contributed by atoms with Crippen molar-refractivity contribution in [2.75, 3.05) is 11.9 Å².